The normalized spacial score (nSPS) is 12.2. The predicted molar refractivity (Wildman–Crippen MR) is 52.0 cm³/mol. The third-order valence-corrected chi connectivity index (χ3v) is 1.60. The molecule has 0 atom stereocenters. The monoisotopic (exact) mass is 177 g/mol. The highest BCUT2D eigenvalue weighted by Crippen LogP contribution is 2.16. The predicted octanol–water partition coefficient (Wildman–Crippen LogP) is 2.26. The van der Waals surface area contributed by atoms with E-state index in [0.717, 1.165) is 0 Å². The SMILES string of the molecule is CC(/C=C/c1ccccc1O)=N\O. The zero-order valence-electron chi connectivity index (χ0n) is 7.31. The van der Waals surface area contributed by atoms with Gasteiger partial charge in [0.1, 0.15) is 5.75 Å². The lowest BCUT2D eigenvalue weighted by atomic mass is 10.2. The van der Waals surface area contributed by atoms with Crippen LogP contribution in [0.25, 0.3) is 6.08 Å². The number of para-hydroxylation sites is 1. The Kier molecular flexibility index (Phi) is 3.09. The number of hydrogen-bond acceptors (Lipinski definition) is 3. The van der Waals surface area contributed by atoms with Gasteiger partial charge < -0.3 is 10.3 Å². The topological polar surface area (TPSA) is 52.8 Å². The van der Waals surface area contributed by atoms with E-state index in [2.05, 4.69) is 5.16 Å². The fourth-order valence-corrected chi connectivity index (χ4v) is 0.872. The Morgan fingerprint density at radius 3 is 2.69 bits per heavy atom. The van der Waals surface area contributed by atoms with Crippen molar-refractivity contribution in [2.45, 2.75) is 6.92 Å². The van der Waals surface area contributed by atoms with E-state index in [1.54, 1.807) is 37.3 Å². The number of phenols is 1. The molecule has 0 aliphatic carbocycles. The van der Waals surface area contributed by atoms with Crippen LogP contribution in [0.15, 0.2) is 35.5 Å². The van der Waals surface area contributed by atoms with Crippen molar-refractivity contribution < 1.29 is 10.3 Å². The number of aromatic hydroxyl groups is 1. The molecule has 1 aromatic rings. The lowest BCUT2D eigenvalue weighted by Gasteiger charge is -1.96. The Labute approximate surface area is 76.6 Å². The third kappa shape index (κ3) is 2.63. The zero-order chi connectivity index (χ0) is 9.68. The van der Waals surface area contributed by atoms with E-state index in [0.29, 0.717) is 11.3 Å². The highest BCUT2D eigenvalue weighted by atomic mass is 16.4. The molecular weight excluding hydrogens is 166 g/mol. The second-order valence-electron chi connectivity index (χ2n) is 2.63. The molecule has 0 aliphatic rings. The van der Waals surface area contributed by atoms with Crippen molar-refractivity contribution >= 4 is 11.8 Å². The molecule has 0 saturated heterocycles. The minimum absolute atomic E-state index is 0.212. The van der Waals surface area contributed by atoms with Crippen molar-refractivity contribution in [1.29, 1.82) is 0 Å². The first-order valence-electron chi connectivity index (χ1n) is 3.89. The largest absolute Gasteiger partial charge is 0.507 e. The molecule has 3 nitrogen and oxygen atoms in total. The molecule has 0 aliphatic heterocycles. The Bertz CT molecular complexity index is 343. The third-order valence-electron chi connectivity index (χ3n) is 1.60. The summed E-state index contributed by atoms with van der Waals surface area (Å²) in [4.78, 5) is 0. The van der Waals surface area contributed by atoms with Crippen molar-refractivity contribution in [2.75, 3.05) is 0 Å². The van der Waals surface area contributed by atoms with Gasteiger partial charge in [0.25, 0.3) is 0 Å². The molecule has 68 valence electrons. The highest BCUT2D eigenvalue weighted by molar-refractivity contribution is 5.96. The van der Waals surface area contributed by atoms with E-state index in [-0.39, 0.29) is 5.75 Å². The number of benzene rings is 1. The summed E-state index contributed by atoms with van der Waals surface area (Å²) in [6.07, 6.45) is 3.30. The first kappa shape index (κ1) is 9.32. The van der Waals surface area contributed by atoms with E-state index < -0.39 is 0 Å². The summed E-state index contributed by atoms with van der Waals surface area (Å²) in [6.45, 7) is 1.66. The molecule has 0 fully saturated rings. The van der Waals surface area contributed by atoms with Crippen molar-refractivity contribution in [3.05, 3.63) is 35.9 Å². The number of phenolic OH excluding ortho intramolecular Hbond substituents is 1. The quantitative estimate of drug-likeness (QED) is 0.413. The van der Waals surface area contributed by atoms with Gasteiger partial charge in [-0.15, -0.1) is 0 Å². The van der Waals surface area contributed by atoms with Crippen LogP contribution >= 0.6 is 0 Å². The van der Waals surface area contributed by atoms with Crippen LogP contribution in [0.1, 0.15) is 12.5 Å². The lowest BCUT2D eigenvalue weighted by molar-refractivity contribution is 0.319. The summed E-state index contributed by atoms with van der Waals surface area (Å²) in [5.41, 5.74) is 1.19. The van der Waals surface area contributed by atoms with Crippen LogP contribution in [0.2, 0.25) is 0 Å². The Morgan fingerprint density at radius 2 is 2.08 bits per heavy atom. The van der Waals surface area contributed by atoms with Gasteiger partial charge in [-0.3, -0.25) is 0 Å². The maximum absolute atomic E-state index is 9.34. The highest BCUT2D eigenvalue weighted by Gasteiger charge is 1.93. The molecule has 1 rings (SSSR count). The maximum Gasteiger partial charge on any atom is 0.122 e. The fraction of sp³-hybridized carbons (Fsp3) is 0.100. The van der Waals surface area contributed by atoms with Gasteiger partial charge in [0, 0.05) is 5.56 Å². The molecule has 0 heterocycles. The van der Waals surface area contributed by atoms with Crippen molar-refractivity contribution in [1.82, 2.24) is 0 Å². The van der Waals surface area contributed by atoms with Crippen molar-refractivity contribution in [3.8, 4) is 5.75 Å². The fourth-order valence-electron chi connectivity index (χ4n) is 0.872. The molecule has 0 bridgehead atoms. The smallest absolute Gasteiger partial charge is 0.122 e. The molecule has 0 saturated carbocycles. The molecule has 0 amide bonds. The second kappa shape index (κ2) is 4.30. The van der Waals surface area contributed by atoms with E-state index in [1.807, 2.05) is 6.07 Å². The van der Waals surface area contributed by atoms with E-state index >= 15 is 0 Å². The van der Waals surface area contributed by atoms with Crippen molar-refractivity contribution in [3.63, 3.8) is 0 Å². The van der Waals surface area contributed by atoms with E-state index in [4.69, 9.17) is 5.21 Å². The molecule has 1 aromatic carbocycles. The Balaban J connectivity index is 2.86. The van der Waals surface area contributed by atoms with Gasteiger partial charge in [-0.05, 0) is 25.1 Å². The molecule has 0 spiro atoms. The molecule has 0 radical (unpaired) electrons. The Hall–Kier alpha value is -1.77. The molecule has 13 heavy (non-hydrogen) atoms. The first-order valence-corrected chi connectivity index (χ1v) is 3.89. The molecule has 0 unspecified atom stereocenters. The molecular formula is C10H11NO2. The summed E-state index contributed by atoms with van der Waals surface area (Å²) in [5.74, 6) is 0.212. The summed E-state index contributed by atoms with van der Waals surface area (Å²) < 4.78 is 0. The number of nitrogens with zero attached hydrogens (tertiary/aromatic N) is 1. The molecule has 2 N–H and O–H groups in total. The average Bonchev–Trinajstić information content (AvgIpc) is 2.16. The Morgan fingerprint density at radius 1 is 1.38 bits per heavy atom. The number of hydrogen-bond donors (Lipinski definition) is 2. The summed E-state index contributed by atoms with van der Waals surface area (Å²) in [6, 6.07) is 6.95. The number of oxime groups is 1. The number of rotatable bonds is 2. The van der Waals surface area contributed by atoms with Crippen LogP contribution in [-0.2, 0) is 0 Å². The standard InChI is InChI=1S/C10H11NO2/c1-8(11-13)6-7-9-4-2-3-5-10(9)12/h2-7,12-13H,1H3/b7-6+,11-8+. The summed E-state index contributed by atoms with van der Waals surface area (Å²) >= 11 is 0. The van der Waals surface area contributed by atoms with Gasteiger partial charge in [-0.1, -0.05) is 23.4 Å². The van der Waals surface area contributed by atoms with Crippen LogP contribution < -0.4 is 0 Å². The van der Waals surface area contributed by atoms with Gasteiger partial charge >= 0.3 is 0 Å². The minimum atomic E-state index is 0.212. The van der Waals surface area contributed by atoms with E-state index in [1.165, 1.54) is 0 Å². The van der Waals surface area contributed by atoms with Crippen LogP contribution in [0.4, 0.5) is 0 Å². The van der Waals surface area contributed by atoms with E-state index in [9.17, 15) is 5.11 Å². The van der Waals surface area contributed by atoms with Gasteiger partial charge in [0.05, 0.1) is 5.71 Å². The minimum Gasteiger partial charge on any atom is -0.507 e. The molecule has 3 heteroatoms. The van der Waals surface area contributed by atoms with Crippen LogP contribution in [0.3, 0.4) is 0 Å². The summed E-state index contributed by atoms with van der Waals surface area (Å²) in [5, 5.41) is 20.7. The van der Waals surface area contributed by atoms with Gasteiger partial charge in [0.2, 0.25) is 0 Å². The van der Waals surface area contributed by atoms with Gasteiger partial charge in [-0.2, -0.15) is 0 Å². The number of allylic oxidation sites excluding steroid dienone is 1. The second-order valence-corrected chi connectivity index (χ2v) is 2.63. The summed E-state index contributed by atoms with van der Waals surface area (Å²) in [7, 11) is 0. The van der Waals surface area contributed by atoms with Gasteiger partial charge in [0.15, 0.2) is 0 Å². The lowest BCUT2D eigenvalue weighted by Crippen LogP contribution is -1.82. The maximum atomic E-state index is 9.34. The first-order chi connectivity index (χ1) is 6.24. The van der Waals surface area contributed by atoms with Crippen molar-refractivity contribution in [2.24, 2.45) is 5.16 Å². The zero-order valence-corrected chi connectivity index (χ0v) is 7.31. The van der Waals surface area contributed by atoms with Crippen LogP contribution in [0, 0.1) is 0 Å². The average molecular weight is 177 g/mol. The van der Waals surface area contributed by atoms with Gasteiger partial charge in [-0.25, -0.2) is 0 Å². The van der Waals surface area contributed by atoms with Crippen LogP contribution in [0.5, 0.6) is 5.75 Å². The van der Waals surface area contributed by atoms with Crippen LogP contribution in [-0.4, -0.2) is 16.0 Å². The molecule has 0 aromatic heterocycles.